The van der Waals surface area contributed by atoms with Gasteiger partial charge in [-0.25, -0.2) is 4.79 Å². The van der Waals surface area contributed by atoms with E-state index in [1.807, 2.05) is 48.5 Å². The summed E-state index contributed by atoms with van der Waals surface area (Å²) in [6.45, 7) is 20.3. The van der Waals surface area contributed by atoms with Crippen LogP contribution in [0.1, 0.15) is 75.7 Å². The van der Waals surface area contributed by atoms with Gasteiger partial charge in [-0.15, -0.1) is 0 Å². The Labute approximate surface area is 184 Å². The second-order valence-electron chi connectivity index (χ2n) is 7.56. The van der Waals surface area contributed by atoms with Crippen molar-refractivity contribution in [2.45, 2.75) is 93.7 Å². The van der Waals surface area contributed by atoms with Crippen molar-refractivity contribution in [1.29, 1.82) is 0 Å². The van der Waals surface area contributed by atoms with Crippen LogP contribution in [0, 0.1) is 23.2 Å². The van der Waals surface area contributed by atoms with Crippen LogP contribution < -0.4 is 0 Å². The molecule has 0 aromatic carbocycles. The Morgan fingerprint density at radius 1 is 1.17 bits per heavy atom. The number of aliphatic hydroxyl groups excluding tert-OH is 1. The summed E-state index contributed by atoms with van der Waals surface area (Å²) in [6.07, 6.45) is 4.41. The fraction of sp³-hybridized carbons (Fsp3) is 0.720. The molecule has 3 atom stereocenters. The van der Waals surface area contributed by atoms with Gasteiger partial charge in [-0.1, -0.05) is 59.0 Å². The largest absolute Gasteiger partial charge is 0.466 e. The van der Waals surface area contributed by atoms with E-state index >= 15 is 0 Å². The summed E-state index contributed by atoms with van der Waals surface area (Å²) < 4.78 is 16.9. The van der Waals surface area contributed by atoms with E-state index in [0.717, 1.165) is 19.1 Å². The van der Waals surface area contributed by atoms with E-state index < -0.39 is 5.79 Å². The molecule has 1 fully saturated rings. The Morgan fingerprint density at radius 3 is 2.03 bits per heavy atom. The first-order chi connectivity index (χ1) is 14.1. The summed E-state index contributed by atoms with van der Waals surface area (Å²) in [6, 6.07) is 0. The molecule has 3 unspecified atom stereocenters. The standard InChI is InChI=1S/C20H28O4.2C2H6.CH4O/c1-13(10-18(21)22-7)8-9-17-14(2)11-20(12-19(17,5)6)23-15(3)16(4)24-20;3*1-2/h10-11,15-17H,12H2,1-7H3;2*1-2H3;2H,1H3/b13-10+;;;. The predicted octanol–water partition coefficient (Wildman–Crippen LogP) is 5.28. The first kappa shape index (κ1) is 30.6. The van der Waals surface area contributed by atoms with E-state index in [1.54, 1.807) is 0 Å². The van der Waals surface area contributed by atoms with Gasteiger partial charge in [-0.2, -0.15) is 0 Å². The van der Waals surface area contributed by atoms with Gasteiger partial charge >= 0.3 is 5.97 Å². The van der Waals surface area contributed by atoms with E-state index in [1.165, 1.54) is 13.2 Å². The number of rotatable bonds is 1. The number of carbonyl (C=O) groups excluding carboxylic acids is 1. The molecule has 0 aromatic rings. The average molecular weight is 425 g/mol. The number of esters is 1. The monoisotopic (exact) mass is 424 g/mol. The topological polar surface area (TPSA) is 65.0 Å². The molecule has 1 N–H and O–H groups in total. The van der Waals surface area contributed by atoms with Crippen molar-refractivity contribution >= 4 is 5.97 Å². The molecule has 1 spiro atoms. The molecule has 5 nitrogen and oxygen atoms in total. The Kier molecular flexibility index (Phi) is 14.7. The highest BCUT2D eigenvalue weighted by Crippen LogP contribution is 2.49. The summed E-state index contributed by atoms with van der Waals surface area (Å²) in [5.74, 6) is 5.47. The van der Waals surface area contributed by atoms with Crippen LogP contribution in [0.5, 0.6) is 0 Å². The fourth-order valence-electron chi connectivity index (χ4n) is 3.60. The molecule has 0 aromatic heterocycles. The Balaban J connectivity index is 0. The van der Waals surface area contributed by atoms with Gasteiger partial charge < -0.3 is 19.3 Å². The summed E-state index contributed by atoms with van der Waals surface area (Å²) in [4.78, 5) is 11.3. The van der Waals surface area contributed by atoms with Crippen LogP contribution in [-0.2, 0) is 19.0 Å². The zero-order chi connectivity index (χ0) is 24.1. The first-order valence-corrected chi connectivity index (χ1v) is 10.9. The van der Waals surface area contributed by atoms with E-state index in [2.05, 4.69) is 43.4 Å². The van der Waals surface area contributed by atoms with Crippen LogP contribution in [0.25, 0.3) is 0 Å². The lowest BCUT2D eigenvalue weighted by Crippen LogP contribution is -2.42. The van der Waals surface area contributed by atoms with Gasteiger partial charge in [0.15, 0.2) is 5.79 Å². The molecule has 0 bridgehead atoms. The van der Waals surface area contributed by atoms with Crippen LogP contribution in [0.15, 0.2) is 23.3 Å². The van der Waals surface area contributed by atoms with Gasteiger partial charge in [0.2, 0.25) is 0 Å². The number of carbonyl (C=O) groups is 1. The number of hydrogen-bond donors (Lipinski definition) is 1. The van der Waals surface area contributed by atoms with Crippen molar-refractivity contribution in [3.8, 4) is 11.8 Å². The third kappa shape index (κ3) is 8.63. The molecule has 0 amide bonds. The number of ether oxygens (including phenoxy) is 3. The summed E-state index contributed by atoms with van der Waals surface area (Å²) in [5.41, 5.74) is 1.74. The van der Waals surface area contributed by atoms with Gasteiger partial charge in [-0.05, 0) is 39.2 Å². The minimum absolute atomic E-state index is 0.0812. The third-order valence-electron chi connectivity index (χ3n) is 4.77. The molecule has 1 heterocycles. The van der Waals surface area contributed by atoms with Crippen molar-refractivity contribution in [3.05, 3.63) is 23.3 Å². The van der Waals surface area contributed by atoms with E-state index in [9.17, 15) is 4.79 Å². The van der Waals surface area contributed by atoms with Crippen molar-refractivity contribution in [3.63, 3.8) is 0 Å². The normalized spacial score (nSPS) is 28.8. The minimum atomic E-state index is -0.637. The lowest BCUT2D eigenvalue weighted by atomic mass is 9.67. The quantitative estimate of drug-likeness (QED) is 0.268. The summed E-state index contributed by atoms with van der Waals surface area (Å²) in [7, 11) is 2.36. The Morgan fingerprint density at radius 2 is 1.63 bits per heavy atom. The molecule has 2 aliphatic rings. The van der Waals surface area contributed by atoms with Crippen molar-refractivity contribution in [1.82, 2.24) is 0 Å². The molecular weight excluding hydrogens is 380 g/mol. The molecule has 2 rings (SSSR count). The third-order valence-corrected chi connectivity index (χ3v) is 4.77. The van der Waals surface area contributed by atoms with Crippen LogP contribution in [-0.4, -0.2) is 43.3 Å². The predicted molar refractivity (Wildman–Crippen MR) is 124 cm³/mol. The Hall–Kier alpha value is -1.61. The van der Waals surface area contributed by atoms with Gasteiger partial charge in [-0.3, -0.25) is 0 Å². The molecule has 1 saturated heterocycles. The SMILES string of the molecule is CC.CC.CO.COC(=O)/C=C(\C)C#CC1C(C)=CC2(CC1(C)C)OC(C)C(C)O2. The van der Waals surface area contributed by atoms with E-state index in [0.29, 0.717) is 5.57 Å². The van der Waals surface area contributed by atoms with Gasteiger partial charge in [0, 0.05) is 31.1 Å². The molecule has 0 saturated carbocycles. The second kappa shape index (κ2) is 14.4. The van der Waals surface area contributed by atoms with Crippen molar-refractivity contribution < 1.29 is 24.1 Å². The van der Waals surface area contributed by atoms with Crippen molar-refractivity contribution in [2.24, 2.45) is 11.3 Å². The fourth-order valence-corrected chi connectivity index (χ4v) is 3.60. The first-order valence-electron chi connectivity index (χ1n) is 10.9. The van der Waals surface area contributed by atoms with E-state index in [4.69, 9.17) is 14.6 Å². The Bertz CT molecular complexity index is 624. The van der Waals surface area contributed by atoms with Crippen LogP contribution >= 0.6 is 0 Å². The van der Waals surface area contributed by atoms with E-state index in [-0.39, 0.29) is 29.5 Å². The maximum atomic E-state index is 11.3. The highest BCUT2D eigenvalue weighted by molar-refractivity contribution is 5.83. The number of aliphatic hydroxyl groups is 1. The molecule has 30 heavy (non-hydrogen) atoms. The maximum Gasteiger partial charge on any atom is 0.331 e. The smallest absolute Gasteiger partial charge is 0.331 e. The maximum absolute atomic E-state index is 11.3. The molecule has 1 aliphatic heterocycles. The lowest BCUT2D eigenvalue weighted by molar-refractivity contribution is -0.164. The van der Waals surface area contributed by atoms with Crippen LogP contribution in [0.2, 0.25) is 0 Å². The molecule has 174 valence electrons. The molecular formula is C25H44O5. The average Bonchev–Trinajstić information content (AvgIpc) is 2.97. The van der Waals surface area contributed by atoms with Crippen molar-refractivity contribution in [2.75, 3.05) is 14.2 Å². The zero-order valence-corrected chi connectivity index (χ0v) is 21.2. The lowest BCUT2D eigenvalue weighted by Gasteiger charge is -2.43. The van der Waals surface area contributed by atoms with Gasteiger partial charge in [0.1, 0.15) is 0 Å². The minimum Gasteiger partial charge on any atom is -0.466 e. The van der Waals surface area contributed by atoms with Crippen LogP contribution in [0.4, 0.5) is 0 Å². The number of allylic oxidation sites excluding steroid dienone is 2. The van der Waals surface area contributed by atoms with Crippen LogP contribution in [0.3, 0.4) is 0 Å². The number of methoxy groups -OCH3 is 1. The zero-order valence-electron chi connectivity index (χ0n) is 21.2. The molecule has 0 radical (unpaired) electrons. The van der Waals surface area contributed by atoms with Gasteiger partial charge in [0.05, 0.1) is 19.3 Å². The molecule has 1 aliphatic carbocycles. The van der Waals surface area contributed by atoms with Gasteiger partial charge in [0.25, 0.3) is 0 Å². The summed E-state index contributed by atoms with van der Waals surface area (Å²) >= 11 is 0. The highest BCUT2D eigenvalue weighted by Gasteiger charge is 2.51. The number of hydrogen-bond acceptors (Lipinski definition) is 5. The molecule has 5 heteroatoms. The second-order valence-corrected chi connectivity index (χ2v) is 7.56. The summed E-state index contributed by atoms with van der Waals surface area (Å²) in [5, 5.41) is 7.00. The highest BCUT2D eigenvalue weighted by atomic mass is 16.8.